The second-order valence-corrected chi connectivity index (χ2v) is 13.4. The highest BCUT2D eigenvalue weighted by molar-refractivity contribution is 7.93. The Morgan fingerprint density at radius 3 is 2.37 bits per heavy atom. The monoisotopic (exact) mass is 665 g/mol. The number of nitrogens with one attached hydrogen (secondary N) is 1. The average Bonchev–Trinajstić information content (AvgIpc) is 3.30. The Kier molecular flexibility index (Phi) is 9.45. The van der Waals surface area contributed by atoms with Gasteiger partial charge in [-0.25, -0.2) is 31.0 Å². The fraction of sp³-hybridized carbons (Fsp3) is 0.545. The van der Waals surface area contributed by atoms with Crippen LogP contribution in [0.4, 0.5) is 38.1 Å². The molecule has 0 fully saturated rings. The fourth-order valence-corrected chi connectivity index (χ4v) is 6.34. The number of amides is 1. The third-order valence-corrected chi connectivity index (χ3v) is 8.92. The molecule has 1 aromatic heterocycles. The molecule has 0 spiro atoms. The summed E-state index contributed by atoms with van der Waals surface area (Å²) >= 11 is 0. The zero-order valence-corrected chi connectivity index (χ0v) is 24.5. The molecule has 0 unspecified atom stereocenters. The minimum Gasteiger partial charge on any atom is -0.485 e. The minimum absolute atomic E-state index is 0.0370. The van der Waals surface area contributed by atoms with Crippen LogP contribution in [0.15, 0.2) is 29.3 Å². The molecule has 0 radical (unpaired) electrons. The zero-order valence-electron chi connectivity index (χ0n) is 22.9. The van der Waals surface area contributed by atoms with Crippen molar-refractivity contribution in [1.82, 2.24) is 14.5 Å². The predicted octanol–water partition coefficient (Wildman–Crippen LogP) is 2.37. The third-order valence-electron chi connectivity index (χ3n) is 6.35. The van der Waals surface area contributed by atoms with Crippen molar-refractivity contribution in [3.05, 3.63) is 24.4 Å². The first-order valence-electron chi connectivity index (χ1n) is 12.1. The summed E-state index contributed by atoms with van der Waals surface area (Å²) in [6.45, 7) is -2.62. The van der Waals surface area contributed by atoms with Gasteiger partial charge in [-0.3, -0.25) is 9.21 Å². The largest absolute Gasteiger partial charge is 0.485 e. The number of fused-ring (bicyclic) bond motifs is 1. The van der Waals surface area contributed by atoms with Crippen LogP contribution in [0.25, 0.3) is 0 Å². The zero-order chi connectivity index (χ0) is 32.7. The Morgan fingerprint density at radius 1 is 1.23 bits per heavy atom. The van der Waals surface area contributed by atoms with Crippen molar-refractivity contribution in [2.45, 2.75) is 56.1 Å². The summed E-state index contributed by atoms with van der Waals surface area (Å²) < 4.78 is 134. The second kappa shape index (κ2) is 11.9. The quantitative estimate of drug-likeness (QED) is 0.302. The summed E-state index contributed by atoms with van der Waals surface area (Å²) in [6.07, 6.45) is -7.14. The van der Waals surface area contributed by atoms with E-state index in [0.29, 0.717) is 24.3 Å². The standard InChI is InChI=1S/C22H28F5N5O9S2/c1-12-16(10-28-42(4,36)37)41-15-6-5-13(31(20(34)35)21(2,3)22(25,26)27)9-14(15)32(12)43(38,39)17-11-30(19(23)24)29-18(17)40-8-7-33/h5-6,9,11-12,16,19,28,33H,7-8,10H2,1-4H3,(H,34,35)/t12-,16+/m1/s1. The smallest absolute Gasteiger partial charge is 0.412 e. The van der Waals surface area contributed by atoms with E-state index in [-0.39, 0.29) is 15.3 Å². The van der Waals surface area contributed by atoms with Crippen molar-refractivity contribution in [2.24, 2.45) is 0 Å². The van der Waals surface area contributed by atoms with Crippen LogP contribution in [0.1, 0.15) is 27.3 Å². The van der Waals surface area contributed by atoms with Gasteiger partial charge in [0.05, 0.1) is 36.5 Å². The first-order chi connectivity index (χ1) is 19.6. The van der Waals surface area contributed by atoms with Crippen LogP contribution in [-0.4, -0.2) is 92.8 Å². The van der Waals surface area contributed by atoms with Gasteiger partial charge in [-0.2, -0.15) is 22.0 Å². The lowest BCUT2D eigenvalue weighted by atomic mass is 10.0. The van der Waals surface area contributed by atoms with Gasteiger partial charge in [-0.1, -0.05) is 0 Å². The Labute approximate surface area is 242 Å². The molecule has 0 aliphatic carbocycles. The normalized spacial score (nSPS) is 17.9. The van der Waals surface area contributed by atoms with Crippen molar-refractivity contribution in [3.63, 3.8) is 0 Å². The first kappa shape index (κ1) is 34.1. The molecule has 2 heterocycles. The number of hydrogen-bond acceptors (Lipinski definition) is 9. The van der Waals surface area contributed by atoms with Gasteiger partial charge in [0.1, 0.15) is 24.0 Å². The number of alkyl halides is 5. The van der Waals surface area contributed by atoms with Crippen molar-refractivity contribution in [2.75, 3.05) is 35.2 Å². The van der Waals surface area contributed by atoms with Crippen LogP contribution in [0.2, 0.25) is 0 Å². The van der Waals surface area contributed by atoms with Crippen molar-refractivity contribution in [3.8, 4) is 11.6 Å². The number of carboxylic acid groups (broad SMARTS) is 1. The summed E-state index contributed by atoms with van der Waals surface area (Å²) in [5, 5.41) is 22.2. The van der Waals surface area contributed by atoms with E-state index >= 15 is 0 Å². The summed E-state index contributed by atoms with van der Waals surface area (Å²) in [7, 11) is -8.87. The van der Waals surface area contributed by atoms with Gasteiger partial charge in [0.15, 0.2) is 4.90 Å². The maximum absolute atomic E-state index is 14.1. The maximum Gasteiger partial charge on any atom is 0.412 e. The van der Waals surface area contributed by atoms with Crippen LogP contribution in [0, 0.1) is 0 Å². The Balaban J connectivity index is 2.28. The maximum atomic E-state index is 14.1. The number of halogens is 5. The van der Waals surface area contributed by atoms with Gasteiger partial charge in [0.2, 0.25) is 10.0 Å². The molecular formula is C22H28F5N5O9S2. The lowest BCUT2D eigenvalue weighted by molar-refractivity contribution is -0.175. The molecule has 1 aliphatic rings. The molecule has 2 atom stereocenters. The van der Waals surface area contributed by atoms with Crippen molar-refractivity contribution >= 4 is 37.5 Å². The number of nitrogens with zero attached hydrogens (tertiary/aromatic N) is 4. The van der Waals surface area contributed by atoms with Crippen LogP contribution in [0.3, 0.4) is 0 Å². The molecule has 14 nitrogen and oxygen atoms in total. The van der Waals surface area contributed by atoms with E-state index in [2.05, 4.69) is 9.82 Å². The molecule has 2 aromatic rings. The van der Waals surface area contributed by atoms with Crippen LogP contribution in [0.5, 0.6) is 11.6 Å². The molecule has 242 valence electrons. The van der Waals surface area contributed by atoms with Gasteiger partial charge in [-0.15, -0.1) is 5.10 Å². The number of anilines is 2. The van der Waals surface area contributed by atoms with Gasteiger partial charge in [0, 0.05) is 6.54 Å². The number of aliphatic hydroxyl groups excluding tert-OH is 1. The molecule has 21 heteroatoms. The number of aromatic nitrogens is 2. The minimum atomic E-state index is -5.08. The summed E-state index contributed by atoms with van der Waals surface area (Å²) in [6, 6.07) is 1.32. The van der Waals surface area contributed by atoms with E-state index in [0.717, 1.165) is 24.5 Å². The van der Waals surface area contributed by atoms with E-state index in [1.807, 2.05) is 0 Å². The van der Waals surface area contributed by atoms with E-state index < -0.39 is 98.5 Å². The molecule has 0 saturated carbocycles. The van der Waals surface area contributed by atoms with Crippen molar-refractivity contribution in [1.29, 1.82) is 0 Å². The number of benzene rings is 1. The molecule has 43 heavy (non-hydrogen) atoms. The molecule has 1 aromatic carbocycles. The molecule has 0 bridgehead atoms. The summed E-state index contributed by atoms with van der Waals surface area (Å²) in [5.41, 5.74) is -4.14. The van der Waals surface area contributed by atoms with Gasteiger partial charge in [-0.05, 0) is 39.0 Å². The Hall–Kier alpha value is -3.43. The lowest BCUT2D eigenvalue weighted by Gasteiger charge is -2.42. The topological polar surface area (TPSA) is 181 Å². The molecule has 1 aliphatic heterocycles. The van der Waals surface area contributed by atoms with Gasteiger partial charge >= 0.3 is 18.8 Å². The molecule has 3 rings (SSSR count). The van der Waals surface area contributed by atoms with E-state index in [4.69, 9.17) is 14.6 Å². The summed E-state index contributed by atoms with van der Waals surface area (Å²) in [5.74, 6) is -1.16. The number of hydrogen-bond donors (Lipinski definition) is 3. The van der Waals surface area contributed by atoms with Gasteiger partial charge in [0.25, 0.3) is 15.9 Å². The lowest BCUT2D eigenvalue weighted by Crippen LogP contribution is -2.57. The second-order valence-electron chi connectivity index (χ2n) is 9.77. The molecular weight excluding hydrogens is 637 g/mol. The Bertz CT molecular complexity index is 1570. The molecule has 3 N–H and O–H groups in total. The number of aliphatic hydroxyl groups is 1. The van der Waals surface area contributed by atoms with Crippen molar-refractivity contribution < 1.29 is 63.3 Å². The molecule has 0 saturated heterocycles. The average molecular weight is 666 g/mol. The summed E-state index contributed by atoms with van der Waals surface area (Å²) in [4.78, 5) is 11.1. The van der Waals surface area contributed by atoms with E-state index in [9.17, 15) is 48.7 Å². The van der Waals surface area contributed by atoms with Crippen LogP contribution < -0.4 is 23.4 Å². The highest BCUT2D eigenvalue weighted by Gasteiger charge is 2.54. The highest BCUT2D eigenvalue weighted by Crippen LogP contribution is 2.45. The van der Waals surface area contributed by atoms with Gasteiger partial charge < -0.3 is 19.7 Å². The predicted molar refractivity (Wildman–Crippen MR) is 140 cm³/mol. The number of ether oxygens (including phenoxy) is 2. The molecule has 1 amide bonds. The number of sulfonamides is 2. The van der Waals surface area contributed by atoms with E-state index in [1.54, 1.807) is 0 Å². The number of rotatable bonds is 11. The number of carbonyl (C=O) groups is 1. The third kappa shape index (κ3) is 6.88. The van der Waals surface area contributed by atoms with Crippen LogP contribution in [-0.2, 0) is 20.0 Å². The van der Waals surface area contributed by atoms with E-state index in [1.165, 1.54) is 6.92 Å². The SMILES string of the molecule is C[C@@H]1[C@H](CNS(C)(=O)=O)Oc2ccc(N(C(=O)O)C(C)(C)C(F)(F)F)cc2N1S(=O)(=O)c1cn(C(F)F)nc1OCCO. The fourth-order valence-electron chi connectivity index (χ4n) is 4.13. The van der Waals surface area contributed by atoms with Crippen LogP contribution >= 0.6 is 0 Å². The Morgan fingerprint density at radius 2 is 1.86 bits per heavy atom. The highest BCUT2D eigenvalue weighted by atomic mass is 32.2. The first-order valence-corrected chi connectivity index (χ1v) is 15.5.